The summed E-state index contributed by atoms with van der Waals surface area (Å²) in [5.74, 6) is 1.61. The molecule has 3 aromatic rings. The standard InChI is InChI=1S/C18H22N4O/c1-11(2)16-10-14(13-7-5-6-8-15(13)20-16)18-21-17(22-23-18)9-12(3)19-4/h5-8,10-12,19H,9H2,1-4H3. The fourth-order valence-corrected chi connectivity index (χ4v) is 2.49. The Bertz CT molecular complexity index is 810. The average Bonchev–Trinajstić information content (AvgIpc) is 3.01. The van der Waals surface area contributed by atoms with Gasteiger partial charge in [0.15, 0.2) is 5.82 Å². The zero-order valence-corrected chi connectivity index (χ0v) is 14.0. The minimum atomic E-state index is 0.306. The fraction of sp³-hybridized carbons (Fsp3) is 0.389. The first-order valence-corrected chi connectivity index (χ1v) is 7.98. The molecular formula is C18H22N4O. The van der Waals surface area contributed by atoms with Gasteiger partial charge in [-0.25, -0.2) is 0 Å². The van der Waals surface area contributed by atoms with E-state index < -0.39 is 0 Å². The third-order valence-electron chi connectivity index (χ3n) is 4.01. The molecule has 2 heterocycles. The number of nitrogens with one attached hydrogen (secondary N) is 1. The molecule has 0 radical (unpaired) electrons. The highest BCUT2D eigenvalue weighted by atomic mass is 16.5. The number of nitrogens with zero attached hydrogens (tertiary/aromatic N) is 3. The minimum absolute atomic E-state index is 0.306. The highest BCUT2D eigenvalue weighted by molar-refractivity contribution is 5.92. The second-order valence-corrected chi connectivity index (χ2v) is 6.18. The van der Waals surface area contributed by atoms with Crippen LogP contribution in [0.4, 0.5) is 0 Å². The van der Waals surface area contributed by atoms with Crippen molar-refractivity contribution in [1.82, 2.24) is 20.4 Å². The van der Waals surface area contributed by atoms with Crippen LogP contribution in [0, 0.1) is 0 Å². The van der Waals surface area contributed by atoms with Crippen LogP contribution in [0.25, 0.3) is 22.4 Å². The number of aromatic nitrogens is 3. The molecule has 0 aliphatic heterocycles. The monoisotopic (exact) mass is 310 g/mol. The van der Waals surface area contributed by atoms with Gasteiger partial charge in [0.05, 0.1) is 11.1 Å². The second kappa shape index (κ2) is 6.46. The van der Waals surface area contributed by atoms with E-state index in [0.29, 0.717) is 23.7 Å². The summed E-state index contributed by atoms with van der Waals surface area (Å²) in [6, 6.07) is 10.4. The molecule has 1 N–H and O–H groups in total. The lowest BCUT2D eigenvalue weighted by atomic mass is 10.0. The van der Waals surface area contributed by atoms with E-state index in [1.165, 1.54) is 0 Å². The molecule has 1 atom stereocenters. The Hall–Kier alpha value is -2.27. The quantitative estimate of drug-likeness (QED) is 0.780. The maximum Gasteiger partial charge on any atom is 0.258 e. The summed E-state index contributed by atoms with van der Waals surface area (Å²) in [5, 5.41) is 8.34. The Balaban J connectivity index is 2.08. The summed E-state index contributed by atoms with van der Waals surface area (Å²) in [6.45, 7) is 6.36. The van der Waals surface area contributed by atoms with Gasteiger partial charge in [-0.2, -0.15) is 4.98 Å². The van der Waals surface area contributed by atoms with E-state index in [9.17, 15) is 0 Å². The highest BCUT2D eigenvalue weighted by Crippen LogP contribution is 2.29. The third-order valence-corrected chi connectivity index (χ3v) is 4.01. The number of hydrogen-bond acceptors (Lipinski definition) is 5. The van der Waals surface area contributed by atoms with Gasteiger partial charge in [0.25, 0.3) is 5.89 Å². The molecular weight excluding hydrogens is 288 g/mol. The maximum absolute atomic E-state index is 5.52. The Morgan fingerprint density at radius 1 is 1.13 bits per heavy atom. The van der Waals surface area contributed by atoms with Crippen LogP contribution >= 0.6 is 0 Å². The summed E-state index contributed by atoms with van der Waals surface area (Å²) in [5.41, 5.74) is 2.94. The van der Waals surface area contributed by atoms with Crippen molar-refractivity contribution in [3.8, 4) is 11.5 Å². The fourth-order valence-electron chi connectivity index (χ4n) is 2.49. The molecule has 0 amide bonds. The van der Waals surface area contributed by atoms with Gasteiger partial charge < -0.3 is 9.84 Å². The van der Waals surface area contributed by atoms with Gasteiger partial charge in [0.2, 0.25) is 0 Å². The van der Waals surface area contributed by atoms with Gasteiger partial charge in [-0.3, -0.25) is 4.98 Å². The largest absolute Gasteiger partial charge is 0.334 e. The van der Waals surface area contributed by atoms with Crippen molar-refractivity contribution in [2.45, 2.75) is 39.2 Å². The van der Waals surface area contributed by atoms with Gasteiger partial charge >= 0.3 is 0 Å². The van der Waals surface area contributed by atoms with Crippen molar-refractivity contribution in [2.24, 2.45) is 0 Å². The molecule has 0 bridgehead atoms. The van der Waals surface area contributed by atoms with Gasteiger partial charge in [0, 0.05) is 23.5 Å². The number of pyridine rings is 1. The van der Waals surface area contributed by atoms with Crippen LogP contribution in [-0.2, 0) is 6.42 Å². The number of para-hydroxylation sites is 1. The molecule has 3 rings (SSSR count). The molecule has 120 valence electrons. The SMILES string of the molecule is CNC(C)Cc1noc(-c2cc(C(C)C)nc3ccccc23)n1. The molecule has 2 aromatic heterocycles. The Labute approximate surface area is 136 Å². The molecule has 0 spiro atoms. The van der Waals surface area contributed by atoms with Crippen LogP contribution in [0.5, 0.6) is 0 Å². The first-order valence-electron chi connectivity index (χ1n) is 7.98. The van der Waals surface area contributed by atoms with E-state index in [2.05, 4.69) is 42.3 Å². The first kappa shape index (κ1) is 15.6. The lowest BCUT2D eigenvalue weighted by Gasteiger charge is -2.09. The smallest absolute Gasteiger partial charge is 0.258 e. The summed E-state index contributed by atoms with van der Waals surface area (Å²) in [4.78, 5) is 9.30. The molecule has 5 heteroatoms. The number of fused-ring (bicyclic) bond motifs is 1. The van der Waals surface area contributed by atoms with E-state index in [4.69, 9.17) is 9.51 Å². The molecule has 23 heavy (non-hydrogen) atoms. The van der Waals surface area contributed by atoms with Crippen LogP contribution in [0.1, 0.15) is 38.2 Å². The van der Waals surface area contributed by atoms with E-state index >= 15 is 0 Å². The van der Waals surface area contributed by atoms with E-state index in [1.54, 1.807) is 0 Å². The van der Waals surface area contributed by atoms with Crippen LogP contribution in [0.15, 0.2) is 34.9 Å². The van der Waals surface area contributed by atoms with Gasteiger partial charge in [-0.05, 0) is 32.0 Å². The molecule has 1 unspecified atom stereocenters. The number of benzene rings is 1. The van der Waals surface area contributed by atoms with Crippen LogP contribution in [-0.4, -0.2) is 28.2 Å². The van der Waals surface area contributed by atoms with E-state index in [1.807, 2.05) is 31.3 Å². The zero-order chi connectivity index (χ0) is 16.4. The summed E-state index contributed by atoms with van der Waals surface area (Å²) in [6.07, 6.45) is 0.736. The predicted molar refractivity (Wildman–Crippen MR) is 91.3 cm³/mol. The van der Waals surface area contributed by atoms with Crippen molar-refractivity contribution in [3.63, 3.8) is 0 Å². The van der Waals surface area contributed by atoms with Gasteiger partial charge in [-0.1, -0.05) is 37.2 Å². The zero-order valence-electron chi connectivity index (χ0n) is 14.0. The van der Waals surface area contributed by atoms with Crippen molar-refractivity contribution in [1.29, 1.82) is 0 Å². The average molecular weight is 310 g/mol. The van der Waals surface area contributed by atoms with Crippen LogP contribution < -0.4 is 5.32 Å². The van der Waals surface area contributed by atoms with E-state index in [0.717, 1.165) is 28.6 Å². The summed E-state index contributed by atoms with van der Waals surface area (Å²) in [7, 11) is 1.93. The van der Waals surface area contributed by atoms with Crippen molar-refractivity contribution < 1.29 is 4.52 Å². The van der Waals surface area contributed by atoms with Crippen LogP contribution in [0.3, 0.4) is 0 Å². The molecule has 1 aromatic carbocycles. The van der Waals surface area contributed by atoms with Crippen LogP contribution in [0.2, 0.25) is 0 Å². The normalized spacial score (nSPS) is 12.9. The molecule has 0 aliphatic carbocycles. The van der Waals surface area contributed by atoms with Gasteiger partial charge in [0.1, 0.15) is 0 Å². The Morgan fingerprint density at radius 2 is 1.91 bits per heavy atom. The molecule has 0 saturated carbocycles. The van der Waals surface area contributed by atoms with Crippen molar-refractivity contribution in [3.05, 3.63) is 41.9 Å². The summed E-state index contributed by atoms with van der Waals surface area (Å²) < 4.78 is 5.52. The molecule has 0 aliphatic rings. The van der Waals surface area contributed by atoms with Gasteiger partial charge in [-0.15, -0.1) is 0 Å². The molecule has 0 saturated heterocycles. The second-order valence-electron chi connectivity index (χ2n) is 6.18. The minimum Gasteiger partial charge on any atom is -0.334 e. The number of hydrogen-bond donors (Lipinski definition) is 1. The van der Waals surface area contributed by atoms with Crippen molar-refractivity contribution >= 4 is 10.9 Å². The number of likely N-dealkylation sites (N-methyl/N-ethyl adjacent to an activating group) is 1. The molecule has 0 fully saturated rings. The molecule has 5 nitrogen and oxygen atoms in total. The predicted octanol–water partition coefficient (Wildman–Crippen LogP) is 3.56. The lowest BCUT2D eigenvalue weighted by molar-refractivity contribution is 0.418. The summed E-state index contributed by atoms with van der Waals surface area (Å²) >= 11 is 0. The number of rotatable bonds is 5. The van der Waals surface area contributed by atoms with Crippen molar-refractivity contribution in [2.75, 3.05) is 7.05 Å². The lowest BCUT2D eigenvalue weighted by Crippen LogP contribution is -2.24. The Kier molecular flexibility index (Phi) is 4.39. The van der Waals surface area contributed by atoms with E-state index in [-0.39, 0.29) is 0 Å². The topological polar surface area (TPSA) is 63.8 Å². The maximum atomic E-state index is 5.52. The first-order chi connectivity index (χ1) is 11.1. The third kappa shape index (κ3) is 3.24. The Morgan fingerprint density at radius 3 is 2.65 bits per heavy atom. The highest BCUT2D eigenvalue weighted by Gasteiger charge is 2.16.